The van der Waals surface area contributed by atoms with Gasteiger partial charge in [0.25, 0.3) is 5.56 Å². The van der Waals surface area contributed by atoms with Crippen LogP contribution in [0.15, 0.2) is 65.6 Å². The number of hydrogen-bond acceptors (Lipinski definition) is 4. The van der Waals surface area contributed by atoms with E-state index in [1.54, 1.807) is 23.1 Å². The zero-order valence-corrected chi connectivity index (χ0v) is 14.2. The topological polar surface area (TPSA) is 92.7 Å². The first-order valence-corrected chi connectivity index (χ1v) is 8.63. The van der Waals surface area contributed by atoms with E-state index in [0.717, 1.165) is 11.3 Å². The molecule has 1 amide bonds. The van der Waals surface area contributed by atoms with E-state index >= 15 is 0 Å². The standard InChI is InChI=1S/C20H15N5O2/c26-17-11-14(13-7-4-10-21-20(13)27)18-15(22-17)8-9-16-19(18)24-25(23-16)12-5-2-1-3-6-12/h1-10,14H,11H2,(H,21,27)(H,22,26)/t14-/m0/s1. The van der Waals surface area contributed by atoms with Crippen LogP contribution >= 0.6 is 0 Å². The lowest BCUT2D eigenvalue weighted by atomic mass is 9.84. The number of H-pyrrole nitrogens is 1. The van der Waals surface area contributed by atoms with Crippen LogP contribution < -0.4 is 10.9 Å². The molecular weight excluding hydrogens is 342 g/mol. The molecule has 5 rings (SSSR count). The number of pyridine rings is 1. The molecule has 2 aromatic carbocycles. The molecule has 4 aromatic rings. The SMILES string of the molecule is O=C1C[C@@H](c2ccc[nH]c2=O)c2c(ccc3nn(-c4ccccc4)nc23)N1. The lowest BCUT2D eigenvalue weighted by Crippen LogP contribution is -2.27. The maximum atomic E-state index is 12.4. The monoisotopic (exact) mass is 357 g/mol. The molecule has 7 nitrogen and oxygen atoms in total. The van der Waals surface area contributed by atoms with Crippen molar-refractivity contribution in [3.05, 3.63) is 82.3 Å². The van der Waals surface area contributed by atoms with E-state index in [4.69, 9.17) is 0 Å². The first-order valence-electron chi connectivity index (χ1n) is 8.63. The van der Waals surface area contributed by atoms with Crippen LogP contribution in [0.5, 0.6) is 0 Å². The van der Waals surface area contributed by atoms with Gasteiger partial charge in [0.15, 0.2) is 0 Å². The Morgan fingerprint density at radius 3 is 2.63 bits per heavy atom. The van der Waals surface area contributed by atoms with Crippen molar-refractivity contribution >= 4 is 22.6 Å². The molecule has 2 aromatic heterocycles. The summed E-state index contributed by atoms with van der Waals surface area (Å²) in [6.07, 6.45) is 1.78. The minimum Gasteiger partial charge on any atom is -0.329 e. The van der Waals surface area contributed by atoms with Crippen LogP contribution in [0.4, 0.5) is 5.69 Å². The minimum atomic E-state index is -0.372. The predicted octanol–water partition coefficient (Wildman–Crippen LogP) is 2.58. The molecule has 3 heterocycles. The Balaban J connectivity index is 1.76. The quantitative estimate of drug-likeness (QED) is 0.577. The Hall–Kier alpha value is -3.74. The number of nitrogens with one attached hydrogen (secondary N) is 2. The van der Waals surface area contributed by atoms with E-state index in [1.165, 1.54) is 0 Å². The second kappa shape index (κ2) is 5.91. The molecule has 0 spiro atoms. The molecule has 1 aliphatic rings. The van der Waals surface area contributed by atoms with Gasteiger partial charge >= 0.3 is 0 Å². The van der Waals surface area contributed by atoms with E-state index in [0.29, 0.717) is 22.3 Å². The van der Waals surface area contributed by atoms with Crippen LogP contribution in [0.3, 0.4) is 0 Å². The van der Waals surface area contributed by atoms with E-state index in [-0.39, 0.29) is 23.8 Å². The average Bonchev–Trinajstić information content (AvgIpc) is 3.13. The number of rotatable bonds is 2. The van der Waals surface area contributed by atoms with Gasteiger partial charge in [0.2, 0.25) is 5.91 Å². The van der Waals surface area contributed by atoms with Gasteiger partial charge in [0, 0.05) is 35.3 Å². The van der Waals surface area contributed by atoms with Gasteiger partial charge in [0.05, 0.1) is 5.69 Å². The van der Waals surface area contributed by atoms with Gasteiger partial charge in [-0.1, -0.05) is 24.3 Å². The molecule has 0 saturated carbocycles. The van der Waals surface area contributed by atoms with Crippen LogP contribution in [0.1, 0.15) is 23.5 Å². The third-order valence-electron chi connectivity index (χ3n) is 4.82. The van der Waals surface area contributed by atoms with Crippen molar-refractivity contribution in [2.24, 2.45) is 0 Å². The number of para-hydroxylation sites is 1. The molecule has 27 heavy (non-hydrogen) atoms. The highest BCUT2D eigenvalue weighted by atomic mass is 16.1. The Labute approximate surface area is 153 Å². The molecule has 1 atom stereocenters. The van der Waals surface area contributed by atoms with Crippen LogP contribution in [-0.4, -0.2) is 25.9 Å². The van der Waals surface area contributed by atoms with Gasteiger partial charge in [-0.15, -0.1) is 10.2 Å². The Kier molecular flexibility index (Phi) is 3.39. The summed E-state index contributed by atoms with van der Waals surface area (Å²) in [5, 5.41) is 12.1. The number of hydrogen-bond donors (Lipinski definition) is 2. The fourth-order valence-corrected chi connectivity index (χ4v) is 3.60. The Morgan fingerprint density at radius 1 is 0.963 bits per heavy atom. The van der Waals surface area contributed by atoms with Gasteiger partial charge < -0.3 is 10.3 Å². The summed E-state index contributed by atoms with van der Waals surface area (Å²) in [6.45, 7) is 0. The van der Waals surface area contributed by atoms with Crippen molar-refractivity contribution in [1.29, 1.82) is 0 Å². The third kappa shape index (κ3) is 2.52. The van der Waals surface area contributed by atoms with Gasteiger partial charge in [0.1, 0.15) is 11.0 Å². The number of anilines is 1. The largest absolute Gasteiger partial charge is 0.329 e. The van der Waals surface area contributed by atoms with E-state index in [2.05, 4.69) is 20.5 Å². The molecule has 7 heteroatoms. The second-order valence-electron chi connectivity index (χ2n) is 6.48. The number of benzene rings is 2. The molecule has 0 aliphatic carbocycles. The normalized spacial score (nSPS) is 16.1. The molecule has 0 radical (unpaired) electrons. The number of carbonyl (C=O) groups is 1. The maximum absolute atomic E-state index is 12.4. The average molecular weight is 357 g/mol. The van der Waals surface area contributed by atoms with Crippen molar-refractivity contribution in [1.82, 2.24) is 20.0 Å². The predicted molar refractivity (Wildman–Crippen MR) is 101 cm³/mol. The molecule has 0 bridgehead atoms. The van der Waals surface area contributed by atoms with Crippen LogP contribution in [0.2, 0.25) is 0 Å². The summed E-state index contributed by atoms with van der Waals surface area (Å²) in [6, 6.07) is 16.8. The van der Waals surface area contributed by atoms with E-state index in [9.17, 15) is 9.59 Å². The highest BCUT2D eigenvalue weighted by molar-refractivity contribution is 5.99. The minimum absolute atomic E-state index is 0.120. The van der Waals surface area contributed by atoms with Gasteiger partial charge in [-0.2, -0.15) is 4.80 Å². The fourth-order valence-electron chi connectivity index (χ4n) is 3.60. The van der Waals surface area contributed by atoms with E-state index in [1.807, 2.05) is 42.5 Å². The van der Waals surface area contributed by atoms with Crippen molar-refractivity contribution in [2.45, 2.75) is 12.3 Å². The van der Waals surface area contributed by atoms with Crippen molar-refractivity contribution in [3.8, 4) is 5.69 Å². The first-order chi connectivity index (χ1) is 13.2. The molecule has 0 saturated heterocycles. The molecule has 1 aliphatic heterocycles. The molecule has 132 valence electrons. The highest BCUT2D eigenvalue weighted by Crippen LogP contribution is 2.39. The Bertz CT molecular complexity index is 1230. The lowest BCUT2D eigenvalue weighted by molar-refractivity contribution is -0.116. The number of fused-ring (bicyclic) bond motifs is 3. The van der Waals surface area contributed by atoms with Crippen molar-refractivity contribution in [3.63, 3.8) is 0 Å². The zero-order chi connectivity index (χ0) is 18.4. The summed E-state index contributed by atoms with van der Waals surface area (Å²) in [7, 11) is 0. The van der Waals surface area contributed by atoms with Gasteiger partial charge in [-0.05, 0) is 30.3 Å². The van der Waals surface area contributed by atoms with E-state index < -0.39 is 0 Å². The summed E-state index contributed by atoms with van der Waals surface area (Å²) in [5.41, 5.74) is 4.09. The lowest BCUT2D eigenvalue weighted by Gasteiger charge is -2.25. The fraction of sp³-hybridized carbons (Fsp3) is 0.100. The molecule has 0 unspecified atom stereocenters. The molecular formula is C20H15N5O2. The van der Waals surface area contributed by atoms with Crippen LogP contribution in [0.25, 0.3) is 16.7 Å². The number of aromatic nitrogens is 4. The van der Waals surface area contributed by atoms with Crippen LogP contribution in [-0.2, 0) is 4.79 Å². The van der Waals surface area contributed by atoms with Gasteiger partial charge in [-0.25, -0.2) is 0 Å². The molecule has 0 fully saturated rings. The summed E-state index contributed by atoms with van der Waals surface area (Å²) in [5.74, 6) is -0.492. The van der Waals surface area contributed by atoms with Crippen molar-refractivity contribution in [2.75, 3.05) is 5.32 Å². The van der Waals surface area contributed by atoms with Crippen molar-refractivity contribution < 1.29 is 4.79 Å². The Morgan fingerprint density at radius 2 is 1.81 bits per heavy atom. The molecule has 2 N–H and O–H groups in total. The maximum Gasteiger partial charge on any atom is 0.251 e. The number of amides is 1. The van der Waals surface area contributed by atoms with Gasteiger partial charge in [-0.3, -0.25) is 9.59 Å². The number of nitrogens with zero attached hydrogens (tertiary/aromatic N) is 3. The first kappa shape index (κ1) is 15.5. The number of carbonyl (C=O) groups excluding carboxylic acids is 1. The van der Waals surface area contributed by atoms with Crippen LogP contribution in [0, 0.1) is 0 Å². The zero-order valence-electron chi connectivity index (χ0n) is 14.2. The number of aromatic amines is 1. The third-order valence-corrected chi connectivity index (χ3v) is 4.82. The summed E-state index contributed by atoms with van der Waals surface area (Å²) in [4.78, 5) is 28.9. The highest BCUT2D eigenvalue weighted by Gasteiger charge is 2.31. The summed E-state index contributed by atoms with van der Waals surface area (Å²) >= 11 is 0. The summed E-state index contributed by atoms with van der Waals surface area (Å²) < 4.78 is 0. The smallest absolute Gasteiger partial charge is 0.251 e. The second-order valence-corrected chi connectivity index (χ2v) is 6.48.